The first-order valence-corrected chi connectivity index (χ1v) is 9.20. The minimum Gasteiger partial charge on any atom is -0.481 e. The Labute approximate surface area is 170 Å². The lowest BCUT2D eigenvalue weighted by atomic mass is 10.1. The molecule has 1 aromatic heterocycles. The van der Waals surface area contributed by atoms with Gasteiger partial charge in [-0.2, -0.15) is 9.97 Å². The number of carbonyl (C=O) groups is 1. The van der Waals surface area contributed by atoms with Gasteiger partial charge in [-0.15, -0.1) is 0 Å². The van der Waals surface area contributed by atoms with Gasteiger partial charge in [0.1, 0.15) is 0 Å². The summed E-state index contributed by atoms with van der Waals surface area (Å²) in [6.07, 6.45) is 0. The third-order valence-electron chi connectivity index (χ3n) is 4.27. The Bertz CT molecular complexity index is 941. The number of hydrogen-bond acceptors (Lipinski definition) is 6. The number of hydrogen-bond donors (Lipinski definition) is 1. The van der Waals surface area contributed by atoms with Gasteiger partial charge in [-0.3, -0.25) is 10.1 Å². The standard InChI is InChI=1S/C22H24N4O3/c1-16-8-7-11-18(12-16)26(14-17-9-5-4-6-10-17)15-19(27)23-22-24-20(28-2)13-21(25-22)29-3/h4-13H,14-15H2,1-3H3,(H,23,24,25,27). The molecule has 2 aromatic carbocycles. The summed E-state index contributed by atoms with van der Waals surface area (Å²) in [4.78, 5) is 23.1. The highest BCUT2D eigenvalue weighted by Gasteiger charge is 2.15. The number of amides is 1. The second kappa shape index (κ2) is 9.54. The SMILES string of the molecule is COc1cc(OC)nc(NC(=O)CN(Cc2ccccc2)c2cccc(C)c2)n1. The van der Waals surface area contributed by atoms with E-state index in [1.807, 2.05) is 60.4 Å². The predicted molar refractivity (Wildman–Crippen MR) is 112 cm³/mol. The quantitative estimate of drug-likeness (QED) is 0.633. The molecule has 0 aliphatic heterocycles. The average molecular weight is 392 g/mol. The maximum atomic E-state index is 12.8. The van der Waals surface area contributed by atoms with Gasteiger partial charge in [-0.05, 0) is 30.2 Å². The zero-order valence-electron chi connectivity index (χ0n) is 16.8. The van der Waals surface area contributed by atoms with Crippen LogP contribution < -0.4 is 19.7 Å². The van der Waals surface area contributed by atoms with Crippen molar-refractivity contribution < 1.29 is 14.3 Å². The summed E-state index contributed by atoms with van der Waals surface area (Å²) in [7, 11) is 2.99. The predicted octanol–water partition coefficient (Wildman–Crippen LogP) is 3.45. The number of aromatic nitrogens is 2. The van der Waals surface area contributed by atoms with E-state index >= 15 is 0 Å². The van der Waals surface area contributed by atoms with Crippen molar-refractivity contribution in [1.82, 2.24) is 9.97 Å². The van der Waals surface area contributed by atoms with Gasteiger partial charge < -0.3 is 14.4 Å². The van der Waals surface area contributed by atoms with Crippen molar-refractivity contribution in [2.75, 3.05) is 31.0 Å². The van der Waals surface area contributed by atoms with Crippen molar-refractivity contribution in [3.8, 4) is 11.8 Å². The molecule has 0 saturated heterocycles. The maximum Gasteiger partial charge on any atom is 0.246 e. The van der Waals surface area contributed by atoms with Crippen LogP contribution in [-0.4, -0.2) is 36.6 Å². The summed E-state index contributed by atoms with van der Waals surface area (Å²) in [6.45, 7) is 2.77. The second-order valence-corrected chi connectivity index (χ2v) is 6.51. The molecule has 0 fully saturated rings. The lowest BCUT2D eigenvalue weighted by Gasteiger charge is -2.24. The van der Waals surface area contributed by atoms with Gasteiger partial charge in [-0.1, -0.05) is 42.5 Å². The number of rotatable bonds is 8. The van der Waals surface area contributed by atoms with Gasteiger partial charge in [0.2, 0.25) is 23.6 Å². The first-order chi connectivity index (χ1) is 14.1. The van der Waals surface area contributed by atoms with Crippen molar-refractivity contribution in [3.63, 3.8) is 0 Å². The Kier molecular flexibility index (Phi) is 6.63. The Balaban J connectivity index is 1.79. The molecule has 0 spiro atoms. The molecule has 0 radical (unpaired) electrons. The molecule has 0 bridgehead atoms. The van der Waals surface area contributed by atoms with Crippen LogP contribution >= 0.6 is 0 Å². The van der Waals surface area contributed by atoms with Crippen LogP contribution in [0.4, 0.5) is 11.6 Å². The number of benzene rings is 2. The van der Waals surface area contributed by atoms with Gasteiger partial charge in [0, 0.05) is 12.2 Å². The molecule has 0 unspecified atom stereocenters. The van der Waals surface area contributed by atoms with Crippen LogP contribution in [0.25, 0.3) is 0 Å². The number of carbonyl (C=O) groups excluding carboxylic acids is 1. The summed E-state index contributed by atoms with van der Waals surface area (Å²) >= 11 is 0. The van der Waals surface area contributed by atoms with Crippen LogP contribution in [0, 0.1) is 6.92 Å². The molecule has 0 atom stereocenters. The molecule has 3 aromatic rings. The van der Waals surface area contributed by atoms with E-state index < -0.39 is 0 Å². The van der Waals surface area contributed by atoms with E-state index in [0.29, 0.717) is 18.3 Å². The summed E-state index contributed by atoms with van der Waals surface area (Å²) in [5.41, 5.74) is 3.20. The van der Waals surface area contributed by atoms with Gasteiger partial charge in [0.25, 0.3) is 0 Å². The average Bonchev–Trinajstić information content (AvgIpc) is 2.73. The molecular formula is C22H24N4O3. The van der Waals surface area contributed by atoms with Gasteiger partial charge in [-0.25, -0.2) is 0 Å². The summed E-state index contributed by atoms with van der Waals surface area (Å²) in [6, 6.07) is 19.6. The number of nitrogens with one attached hydrogen (secondary N) is 1. The lowest BCUT2D eigenvalue weighted by molar-refractivity contribution is -0.115. The molecule has 0 saturated carbocycles. The molecule has 150 valence electrons. The highest BCUT2D eigenvalue weighted by molar-refractivity contribution is 5.92. The zero-order valence-corrected chi connectivity index (χ0v) is 16.8. The third-order valence-corrected chi connectivity index (χ3v) is 4.27. The molecule has 29 heavy (non-hydrogen) atoms. The second-order valence-electron chi connectivity index (χ2n) is 6.51. The van der Waals surface area contributed by atoms with E-state index in [9.17, 15) is 4.79 Å². The van der Waals surface area contributed by atoms with E-state index in [0.717, 1.165) is 16.8 Å². The molecule has 1 amide bonds. The molecule has 0 aliphatic rings. The first kappa shape index (κ1) is 20.1. The first-order valence-electron chi connectivity index (χ1n) is 9.20. The largest absolute Gasteiger partial charge is 0.481 e. The number of anilines is 2. The number of aryl methyl sites for hydroxylation is 1. The lowest BCUT2D eigenvalue weighted by Crippen LogP contribution is -2.33. The summed E-state index contributed by atoms with van der Waals surface area (Å²) < 4.78 is 10.3. The fourth-order valence-corrected chi connectivity index (χ4v) is 2.87. The van der Waals surface area contributed by atoms with Crippen molar-refractivity contribution in [2.45, 2.75) is 13.5 Å². The van der Waals surface area contributed by atoms with Crippen LogP contribution in [0.3, 0.4) is 0 Å². The van der Waals surface area contributed by atoms with Crippen LogP contribution in [0.15, 0.2) is 60.7 Å². The Morgan fingerprint density at radius 1 is 0.966 bits per heavy atom. The van der Waals surface area contributed by atoms with Gasteiger partial charge in [0.05, 0.1) is 26.8 Å². The van der Waals surface area contributed by atoms with Crippen molar-refractivity contribution in [2.24, 2.45) is 0 Å². The summed E-state index contributed by atoms with van der Waals surface area (Å²) in [5.74, 6) is 0.520. The highest BCUT2D eigenvalue weighted by atomic mass is 16.5. The monoisotopic (exact) mass is 392 g/mol. The van der Waals surface area contributed by atoms with E-state index in [1.54, 1.807) is 6.07 Å². The van der Waals surface area contributed by atoms with Gasteiger partial charge in [0.15, 0.2) is 0 Å². The third kappa shape index (κ3) is 5.68. The Morgan fingerprint density at radius 2 is 1.66 bits per heavy atom. The molecular weight excluding hydrogens is 368 g/mol. The molecule has 1 heterocycles. The van der Waals surface area contributed by atoms with Crippen molar-refractivity contribution >= 4 is 17.5 Å². The molecule has 1 N–H and O–H groups in total. The Morgan fingerprint density at radius 3 is 2.28 bits per heavy atom. The van der Waals surface area contributed by atoms with Crippen molar-refractivity contribution in [3.05, 3.63) is 71.8 Å². The van der Waals surface area contributed by atoms with E-state index in [4.69, 9.17) is 9.47 Å². The molecule has 3 rings (SSSR count). The fourth-order valence-electron chi connectivity index (χ4n) is 2.87. The number of ether oxygens (including phenoxy) is 2. The molecule has 7 nitrogen and oxygen atoms in total. The zero-order chi connectivity index (χ0) is 20.6. The topological polar surface area (TPSA) is 76.6 Å². The summed E-state index contributed by atoms with van der Waals surface area (Å²) in [5, 5.41) is 2.73. The smallest absolute Gasteiger partial charge is 0.246 e. The van der Waals surface area contributed by atoms with Crippen LogP contribution in [0.2, 0.25) is 0 Å². The van der Waals surface area contributed by atoms with Gasteiger partial charge >= 0.3 is 0 Å². The van der Waals surface area contributed by atoms with Crippen LogP contribution in [0.5, 0.6) is 11.8 Å². The molecule has 0 aliphatic carbocycles. The molecule has 7 heteroatoms. The highest BCUT2D eigenvalue weighted by Crippen LogP contribution is 2.20. The minimum atomic E-state index is -0.238. The Hall–Kier alpha value is -3.61. The van der Waals surface area contributed by atoms with E-state index in [-0.39, 0.29) is 18.4 Å². The van der Waals surface area contributed by atoms with Crippen LogP contribution in [0.1, 0.15) is 11.1 Å². The number of nitrogens with zero attached hydrogens (tertiary/aromatic N) is 3. The van der Waals surface area contributed by atoms with E-state index in [2.05, 4.69) is 21.4 Å². The maximum absolute atomic E-state index is 12.8. The minimum absolute atomic E-state index is 0.134. The number of methoxy groups -OCH3 is 2. The van der Waals surface area contributed by atoms with Crippen molar-refractivity contribution in [1.29, 1.82) is 0 Å². The van der Waals surface area contributed by atoms with Crippen LogP contribution in [-0.2, 0) is 11.3 Å². The normalized spacial score (nSPS) is 10.3. The fraction of sp³-hybridized carbons (Fsp3) is 0.227. The van der Waals surface area contributed by atoms with E-state index in [1.165, 1.54) is 14.2 Å².